The van der Waals surface area contributed by atoms with Gasteiger partial charge in [-0.3, -0.25) is 4.79 Å². The van der Waals surface area contributed by atoms with Gasteiger partial charge >= 0.3 is 6.03 Å². The van der Waals surface area contributed by atoms with Crippen LogP contribution in [0.15, 0.2) is 18.3 Å². The zero-order chi connectivity index (χ0) is 16.8. The molecule has 0 aliphatic heterocycles. The van der Waals surface area contributed by atoms with Crippen molar-refractivity contribution in [3.05, 3.63) is 18.3 Å². The molecule has 4 aliphatic rings. The Morgan fingerprint density at radius 2 is 2.04 bits per heavy atom. The van der Waals surface area contributed by atoms with Crippen LogP contribution in [0.25, 0.3) is 0 Å². The van der Waals surface area contributed by atoms with Crippen LogP contribution in [-0.2, 0) is 4.79 Å². The summed E-state index contributed by atoms with van der Waals surface area (Å²) < 4.78 is 0. The number of nitrogens with zero attached hydrogens (tertiary/aromatic N) is 1. The Hall–Kier alpha value is -2.11. The molecule has 6 nitrogen and oxygen atoms in total. The van der Waals surface area contributed by atoms with Gasteiger partial charge in [0.1, 0.15) is 5.82 Å². The van der Waals surface area contributed by atoms with Crippen molar-refractivity contribution in [3.8, 4) is 0 Å². The minimum Gasteiger partial charge on any atom is -0.332 e. The first-order valence-electron chi connectivity index (χ1n) is 8.79. The molecule has 1 spiro atoms. The number of nitrogens with one attached hydrogen (secondary N) is 3. The Morgan fingerprint density at radius 3 is 2.71 bits per heavy atom. The number of amides is 3. The Bertz CT molecular complexity index is 659. The van der Waals surface area contributed by atoms with Gasteiger partial charge in [-0.25, -0.2) is 9.78 Å². The summed E-state index contributed by atoms with van der Waals surface area (Å²) in [5.74, 6) is 1.11. The molecule has 24 heavy (non-hydrogen) atoms. The zero-order valence-corrected chi connectivity index (χ0v) is 14.0. The van der Waals surface area contributed by atoms with E-state index < -0.39 is 0 Å². The van der Waals surface area contributed by atoms with E-state index >= 15 is 0 Å². The van der Waals surface area contributed by atoms with Crippen LogP contribution < -0.4 is 16.0 Å². The average molecular weight is 328 g/mol. The number of hydrogen-bond donors (Lipinski definition) is 3. The van der Waals surface area contributed by atoms with Crippen LogP contribution >= 0.6 is 0 Å². The number of carbonyl (C=O) groups excluding carboxylic acids is 2. The first kappa shape index (κ1) is 15.4. The van der Waals surface area contributed by atoms with Gasteiger partial charge in [0.15, 0.2) is 0 Å². The van der Waals surface area contributed by atoms with E-state index in [4.69, 9.17) is 0 Å². The minimum atomic E-state index is -0.165. The van der Waals surface area contributed by atoms with Crippen molar-refractivity contribution in [1.82, 2.24) is 10.3 Å². The maximum atomic E-state index is 12.4. The number of carbonyl (C=O) groups is 2. The summed E-state index contributed by atoms with van der Waals surface area (Å²) in [6.07, 6.45) is 10.4. The summed E-state index contributed by atoms with van der Waals surface area (Å²) in [6, 6.07) is 3.27. The largest absolute Gasteiger partial charge is 0.332 e. The SMILES string of the molecule is CC(=O)Nc1ccc(NC(=O)NC23CC4CCCC(C4)(C2)C3)cn1. The van der Waals surface area contributed by atoms with Gasteiger partial charge in [-0.2, -0.15) is 0 Å². The van der Waals surface area contributed by atoms with Crippen molar-refractivity contribution in [1.29, 1.82) is 0 Å². The maximum Gasteiger partial charge on any atom is 0.319 e. The molecule has 4 aliphatic carbocycles. The van der Waals surface area contributed by atoms with Crippen LogP contribution in [-0.4, -0.2) is 22.5 Å². The van der Waals surface area contributed by atoms with E-state index in [1.807, 2.05) is 0 Å². The van der Waals surface area contributed by atoms with E-state index in [9.17, 15) is 9.59 Å². The van der Waals surface area contributed by atoms with Crippen LogP contribution in [0.4, 0.5) is 16.3 Å². The van der Waals surface area contributed by atoms with Gasteiger partial charge in [-0.15, -0.1) is 0 Å². The highest BCUT2D eigenvalue weighted by Gasteiger charge is 2.61. The van der Waals surface area contributed by atoms with Crippen LogP contribution in [0.2, 0.25) is 0 Å². The molecule has 4 saturated carbocycles. The molecule has 1 atom stereocenters. The van der Waals surface area contributed by atoms with E-state index in [1.165, 1.54) is 32.6 Å². The van der Waals surface area contributed by atoms with Gasteiger partial charge in [0, 0.05) is 12.5 Å². The standard InChI is InChI=1S/C18H24N4O2/c1-12(23)20-15-5-4-14(9-19-15)21-16(24)22-18-8-13-3-2-6-17(7-13,10-18)11-18/h4-5,9,13H,2-3,6-8,10-11H2,1H3,(H,19,20,23)(H2,21,22,24). The molecule has 3 amide bonds. The van der Waals surface area contributed by atoms with E-state index in [1.54, 1.807) is 18.3 Å². The summed E-state index contributed by atoms with van der Waals surface area (Å²) in [5.41, 5.74) is 1.16. The van der Waals surface area contributed by atoms with Gasteiger partial charge in [0.05, 0.1) is 11.9 Å². The highest BCUT2D eigenvalue weighted by atomic mass is 16.2. The summed E-state index contributed by atoms with van der Waals surface area (Å²) in [5, 5.41) is 8.70. The van der Waals surface area contributed by atoms with Crippen LogP contribution in [0.1, 0.15) is 51.9 Å². The molecule has 128 valence electrons. The topological polar surface area (TPSA) is 83.1 Å². The molecular formula is C18H24N4O2. The third kappa shape index (κ3) is 2.85. The molecule has 5 rings (SSSR count). The van der Waals surface area contributed by atoms with Crippen molar-refractivity contribution in [2.75, 3.05) is 10.6 Å². The Morgan fingerprint density at radius 1 is 1.21 bits per heavy atom. The lowest BCUT2D eigenvalue weighted by Gasteiger charge is -2.65. The number of hydrogen-bond acceptors (Lipinski definition) is 3. The van der Waals surface area contributed by atoms with Gasteiger partial charge in [-0.1, -0.05) is 12.8 Å². The van der Waals surface area contributed by atoms with Crippen molar-refractivity contribution < 1.29 is 9.59 Å². The van der Waals surface area contributed by atoms with E-state index in [2.05, 4.69) is 20.9 Å². The van der Waals surface area contributed by atoms with Gasteiger partial charge < -0.3 is 16.0 Å². The second-order valence-electron chi connectivity index (χ2n) is 7.99. The Balaban J connectivity index is 1.35. The van der Waals surface area contributed by atoms with E-state index in [0.717, 1.165) is 25.2 Å². The molecule has 1 aromatic heterocycles. The number of urea groups is 1. The summed E-state index contributed by atoms with van der Waals surface area (Å²) in [6.45, 7) is 1.44. The predicted octanol–water partition coefficient (Wildman–Crippen LogP) is 3.27. The Kier molecular flexibility index (Phi) is 3.51. The summed E-state index contributed by atoms with van der Waals surface area (Å²) >= 11 is 0. The fourth-order valence-electron chi connectivity index (χ4n) is 5.42. The second-order valence-corrected chi connectivity index (χ2v) is 7.99. The predicted molar refractivity (Wildman–Crippen MR) is 91.7 cm³/mol. The summed E-state index contributed by atoms with van der Waals surface area (Å²) in [7, 11) is 0. The number of rotatable bonds is 3. The maximum absolute atomic E-state index is 12.4. The van der Waals surface area contributed by atoms with Crippen LogP contribution in [0.5, 0.6) is 0 Å². The van der Waals surface area contributed by atoms with Crippen molar-refractivity contribution in [2.45, 2.75) is 57.4 Å². The number of aromatic nitrogens is 1. The fourth-order valence-corrected chi connectivity index (χ4v) is 5.42. The molecule has 0 radical (unpaired) electrons. The lowest BCUT2D eigenvalue weighted by molar-refractivity contribution is -0.114. The first-order valence-corrected chi connectivity index (χ1v) is 8.79. The molecule has 0 saturated heterocycles. The molecule has 3 N–H and O–H groups in total. The van der Waals surface area contributed by atoms with Crippen LogP contribution in [0.3, 0.4) is 0 Å². The normalized spacial score (nSPS) is 33.1. The molecule has 1 unspecified atom stereocenters. The summed E-state index contributed by atoms with van der Waals surface area (Å²) in [4.78, 5) is 27.5. The minimum absolute atomic E-state index is 0.0109. The highest BCUT2D eigenvalue weighted by molar-refractivity contribution is 5.90. The monoisotopic (exact) mass is 328 g/mol. The van der Waals surface area contributed by atoms with Gasteiger partial charge in [0.2, 0.25) is 5.91 Å². The van der Waals surface area contributed by atoms with Gasteiger partial charge in [0.25, 0.3) is 0 Å². The lowest BCUT2D eigenvalue weighted by Crippen LogP contribution is -2.67. The molecular weight excluding hydrogens is 304 g/mol. The van der Waals surface area contributed by atoms with Crippen LogP contribution in [0, 0.1) is 11.3 Å². The number of pyridine rings is 1. The van der Waals surface area contributed by atoms with Crippen molar-refractivity contribution >= 4 is 23.4 Å². The second kappa shape index (κ2) is 5.46. The van der Waals surface area contributed by atoms with Crippen molar-refractivity contribution in [3.63, 3.8) is 0 Å². The van der Waals surface area contributed by atoms with E-state index in [0.29, 0.717) is 16.9 Å². The molecule has 4 fully saturated rings. The molecule has 3 bridgehead atoms. The Labute approximate surface area is 141 Å². The molecule has 6 heteroatoms. The van der Waals surface area contributed by atoms with E-state index in [-0.39, 0.29) is 17.5 Å². The quantitative estimate of drug-likeness (QED) is 0.796. The van der Waals surface area contributed by atoms with Gasteiger partial charge in [-0.05, 0) is 55.6 Å². The smallest absolute Gasteiger partial charge is 0.319 e. The lowest BCUT2D eigenvalue weighted by atomic mass is 9.43. The van der Waals surface area contributed by atoms with Crippen molar-refractivity contribution in [2.24, 2.45) is 11.3 Å². The number of anilines is 2. The first-order chi connectivity index (χ1) is 11.5. The fraction of sp³-hybridized carbons (Fsp3) is 0.611. The third-order valence-corrected chi connectivity index (χ3v) is 5.85. The third-order valence-electron chi connectivity index (χ3n) is 5.85. The average Bonchev–Trinajstić information content (AvgIpc) is 2.46. The highest BCUT2D eigenvalue weighted by Crippen LogP contribution is 2.65. The molecule has 0 aromatic carbocycles. The zero-order valence-electron chi connectivity index (χ0n) is 14.0. The molecule has 1 aromatic rings. The molecule has 1 heterocycles.